The lowest BCUT2D eigenvalue weighted by Gasteiger charge is -2.16. The number of aryl methyl sites for hydroxylation is 1. The van der Waals surface area contributed by atoms with Crippen LogP contribution in [0, 0.1) is 5.41 Å². The normalized spacial score (nSPS) is 17.1. The van der Waals surface area contributed by atoms with Gasteiger partial charge in [-0.3, -0.25) is 4.79 Å². The third-order valence-corrected chi connectivity index (χ3v) is 3.97. The van der Waals surface area contributed by atoms with E-state index in [4.69, 9.17) is 10.9 Å². The molecule has 0 bridgehead atoms. The second-order valence-electron chi connectivity index (χ2n) is 4.68. The highest BCUT2D eigenvalue weighted by Gasteiger charge is 2.54. The molecule has 102 valence electrons. The molecule has 0 radical (unpaired) electrons. The lowest BCUT2D eigenvalue weighted by Crippen LogP contribution is -2.36. The monoisotopic (exact) mass is 325 g/mol. The second kappa shape index (κ2) is 5.21. The molecule has 4 N–H and O–H groups in total. The molecule has 1 aliphatic rings. The molecule has 0 heterocycles. The molecule has 0 unspecified atom stereocenters. The molecule has 0 saturated heterocycles. The van der Waals surface area contributed by atoms with Crippen molar-refractivity contribution in [3.8, 4) is 0 Å². The van der Waals surface area contributed by atoms with Gasteiger partial charge in [-0.05, 0) is 43.0 Å². The van der Waals surface area contributed by atoms with Gasteiger partial charge < -0.3 is 16.3 Å². The van der Waals surface area contributed by atoms with Crippen LogP contribution in [0.1, 0.15) is 25.3 Å². The summed E-state index contributed by atoms with van der Waals surface area (Å²) in [5.74, 6) is -0.222. The average molecular weight is 326 g/mol. The predicted octanol–water partition coefficient (Wildman–Crippen LogP) is 2.48. The number of hydrogen-bond acceptors (Lipinski definition) is 3. The summed E-state index contributed by atoms with van der Waals surface area (Å²) >= 11 is 3.40. The molecule has 0 spiro atoms. The van der Waals surface area contributed by atoms with Crippen molar-refractivity contribution in [3.05, 3.63) is 28.2 Å². The van der Waals surface area contributed by atoms with Gasteiger partial charge in [-0.1, -0.05) is 28.0 Å². The van der Waals surface area contributed by atoms with Crippen molar-refractivity contribution in [1.29, 1.82) is 0 Å². The zero-order valence-electron chi connectivity index (χ0n) is 10.6. The van der Waals surface area contributed by atoms with Crippen LogP contribution in [0.15, 0.2) is 27.8 Å². The van der Waals surface area contributed by atoms with Crippen LogP contribution < -0.4 is 11.1 Å². The van der Waals surface area contributed by atoms with E-state index >= 15 is 0 Å². The van der Waals surface area contributed by atoms with Crippen LogP contribution in [-0.2, 0) is 11.2 Å². The van der Waals surface area contributed by atoms with Crippen molar-refractivity contribution in [2.45, 2.75) is 26.2 Å². The molecule has 5 nitrogen and oxygen atoms in total. The standard InChI is InChI=1S/C13H16BrN3O2/c1-2-8-7-9(14)3-4-10(8)16-12(18)13(5-6-13)11(15)17-19/h3-4,7,19H,2,5-6H2,1H3,(H2,15,17)(H,16,18). The quantitative estimate of drug-likeness (QED) is 0.344. The van der Waals surface area contributed by atoms with Crippen LogP contribution in [0.25, 0.3) is 0 Å². The van der Waals surface area contributed by atoms with E-state index in [1.54, 1.807) is 0 Å². The summed E-state index contributed by atoms with van der Waals surface area (Å²) in [4.78, 5) is 12.3. The Morgan fingerprint density at radius 2 is 2.26 bits per heavy atom. The number of nitrogens with zero attached hydrogens (tertiary/aromatic N) is 1. The van der Waals surface area contributed by atoms with Crippen LogP contribution in [0.4, 0.5) is 5.69 Å². The minimum Gasteiger partial charge on any atom is -0.409 e. The van der Waals surface area contributed by atoms with Gasteiger partial charge in [0.05, 0.1) is 0 Å². The predicted molar refractivity (Wildman–Crippen MR) is 77.2 cm³/mol. The van der Waals surface area contributed by atoms with Gasteiger partial charge in [-0.25, -0.2) is 0 Å². The molecule has 19 heavy (non-hydrogen) atoms. The number of anilines is 1. The van der Waals surface area contributed by atoms with Crippen LogP contribution >= 0.6 is 15.9 Å². The lowest BCUT2D eigenvalue weighted by atomic mass is 10.0. The number of amidine groups is 1. The molecular weight excluding hydrogens is 310 g/mol. The van der Waals surface area contributed by atoms with E-state index < -0.39 is 5.41 Å². The van der Waals surface area contributed by atoms with E-state index in [-0.39, 0.29) is 11.7 Å². The molecule has 2 rings (SSSR count). The summed E-state index contributed by atoms with van der Waals surface area (Å²) in [6.07, 6.45) is 2.05. The van der Waals surface area contributed by atoms with E-state index in [1.807, 2.05) is 25.1 Å². The molecule has 0 aromatic heterocycles. The van der Waals surface area contributed by atoms with Gasteiger partial charge in [0.25, 0.3) is 0 Å². The van der Waals surface area contributed by atoms with E-state index in [9.17, 15) is 4.79 Å². The number of nitrogens with one attached hydrogen (secondary N) is 1. The minimum atomic E-state index is -0.827. The summed E-state index contributed by atoms with van der Waals surface area (Å²) in [5, 5.41) is 14.6. The fourth-order valence-corrected chi connectivity index (χ4v) is 2.45. The fraction of sp³-hybridized carbons (Fsp3) is 0.385. The first kappa shape index (κ1) is 13.9. The number of halogens is 1. The number of nitrogens with two attached hydrogens (primary N) is 1. The number of rotatable bonds is 4. The lowest BCUT2D eigenvalue weighted by molar-refractivity contribution is -0.119. The van der Waals surface area contributed by atoms with Crippen molar-refractivity contribution < 1.29 is 10.0 Å². The van der Waals surface area contributed by atoms with E-state index in [2.05, 4.69) is 26.4 Å². The average Bonchev–Trinajstić information content (AvgIpc) is 3.21. The molecule has 1 aliphatic carbocycles. The Balaban J connectivity index is 2.21. The number of hydrogen-bond donors (Lipinski definition) is 3. The van der Waals surface area contributed by atoms with Gasteiger partial charge in [0.1, 0.15) is 5.41 Å². The Kier molecular flexibility index (Phi) is 3.80. The first-order valence-electron chi connectivity index (χ1n) is 6.11. The fourth-order valence-electron chi connectivity index (χ4n) is 2.04. The Morgan fingerprint density at radius 1 is 1.58 bits per heavy atom. The molecule has 0 atom stereocenters. The highest BCUT2D eigenvalue weighted by Crippen LogP contribution is 2.46. The first-order chi connectivity index (χ1) is 9.03. The highest BCUT2D eigenvalue weighted by atomic mass is 79.9. The van der Waals surface area contributed by atoms with Gasteiger partial charge in [0, 0.05) is 10.2 Å². The molecule has 0 aliphatic heterocycles. The smallest absolute Gasteiger partial charge is 0.238 e. The zero-order chi connectivity index (χ0) is 14.0. The third-order valence-electron chi connectivity index (χ3n) is 3.48. The Labute approximate surface area is 120 Å². The van der Waals surface area contributed by atoms with E-state index in [0.717, 1.165) is 22.1 Å². The largest absolute Gasteiger partial charge is 0.409 e. The van der Waals surface area contributed by atoms with Gasteiger partial charge in [-0.15, -0.1) is 0 Å². The summed E-state index contributed by atoms with van der Waals surface area (Å²) < 4.78 is 0.972. The molecule has 1 amide bonds. The van der Waals surface area contributed by atoms with Gasteiger partial charge >= 0.3 is 0 Å². The first-order valence-corrected chi connectivity index (χ1v) is 6.90. The summed E-state index contributed by atoms with van der Waals surface area (Å²) in [6, 6.07) is 5.69. The van der Waals surface area contributed by atoms with Crippen molar-refractivity contribution in [1.82, 2.24) is 0 Å². The molecule has 6 heteroatoms. The summed E-state index contributed by atoms with van der Waals surface area (Å²) in [6.45, 7) is 2.02. The van der Waals surface area contributed by atoms with Gasteiger partial charge in [-0.2, -0.15) is 0 Å². The molecule has 1 aromatic rings. The Bertz CT molecular complexity index is 539. The van der Waals surface area contributed by atoms with Crippen LogP contribution in [0.5, 0.6) is 0 Å². The van der Waals surface area contributed by atoms with Gasteiger partial charge in [0.2, 0.25) is 5.91 Å². The maximum absolute atomic E-state index is 12.3. The van der Waals surface area contributed by atoms with Crippen molar-refractivity contribution in [2.24, 2.45) is 16.3 Å². The highest BCUT2D eigenvalue weighted by molar-refractivity contribution is 9.10. The van der Waals surface area contributed by atoms with Crippen molar-refractivity contribution in [2.75, 3.05) is 5.32 Å². The zero-order valence-corrected chi connectivity index (χ0v) is 12.2. The number of amides is 1. The van der Waals surface area contributed by atoms with E-state index in [0.29, 0.717) is 12.8 Å². The number of oxime groups is 1. The third kappa shape index (κ3) is 2.58. The Hall–Kier alpha value is -1.56. The van der Waals surface area contributed by atoms with Crippen molar-refractivity contribution >= 4 is 33.4 Å². The molecule has 1 saturated carbocycles. The van der Waals surface area contributed by atoms with Crippen LogP contribution in [-0.4, -0.2) is 17.0 Å². The molecule has 1 aromatic carbocycles. The Morgan fingerprint density at radius 3 is 2.79 bits per heavy atom. The number of benzene rings is 1. The van der Waals surface area contributed by atoms with Crippen LogP contribution in [0.2, 0.25) is 0 Å². The summed E-state index contributed by atoms with van der Waals surface area (Å²) in [5.41, 5.74) is 6.58. The summed E-state index contributed by atoms with van der Waals surface area (Å²) in [7, 11) is 0. The van der Waals surface area contributed by atoms with Crippen molar-refractivity contribution in [3.63, 3.8) is 0 Å². The maximum Gasteiger partial charge on any atom is 0.238 e. The topological polar surface area (TPSA) is 87.7 Å². The minimum absolute atomic E-state index is 0.0137. The SMILES string of the molecule is CCc1cc(Br)ccc1NC(=O)C1(/C(N)=N/O)CC1. The number of carbonyl (C=O) groups is 1. The van der Waals surface area contributed by atoms with Gasteiger partial charge in [0.15, 0.2) is 5.84 Å². The molecular formula is C13H16BrN3O2. The van der Waals surface area contributed by atoms with Crippen LogP contribution in [0.3, 0.4) is 0 Å². The second-order valence-corrected chi connectivity index (χ2v) is 5.59. The number of carbonyl (C=O) groups excluding carboxylic acids is 1. The molecule has 1 fully saturated rings. The maximum atomic E-state index is 12.3. The van der Waals surface area contributed by atoms with E-state index in [1.165, 1.54) is 0 Å².